The minimum atomic E-state index is 0.840. The van der Waals surface area contributed by atoms with E-state index in [4.69, 9.17) is 9.40 Å². The first kappa shape index (κ1) is 18.8. The van der Waals surface area contributed by atoms with Gasteiger partial charge >= 0.3 is 0 Å². The average molecular weight is 438 g/mol. The van der Waals surface area contributed by atoms with E-state index < -0.39 is 0 Å². The minimum Gasteiger partial charge on any atom is -0.462 e. The molecule has 0 unspecified atom stereocenters. The third-order valence-corrected chi connectivity index (χ3v) is 6.40. The molecule has 0 amide bonds. The first-order chi connectivity index (χ1) is 16.9. The van der Waals surface area contributed by atoms with E-state index in [0.717, 1.165) is 45.0 Å². The van der Waals surface area contributed by atoms with Crippen LogP contribution in [0.4, 0.5) is 17.1 Å². The second kappa shape index (κ2) is 7.42. The van der Waals surface area contributed by atoms with Gasteiger partial charge in [-0.15, -0.1) is 0 Å². The maximum absolute atomic E-state index is 6.07. The fourth-order valence-electron chi connectivity index (χ4n) is 4.88. The lowest BCUT2D eigenvalue weighted by atomic mass is 9.94. The summed E-state index contributed by atoms with van der Waals surface area (Å²) in [7, 11) is 0. The third kappa shape index (κ3) is 2.79. The number of para-hydroxylation sites is 1. The van der Waals surface area contributed by atoms with Gasteiger partial charge in [-0.05, 0) is 47.5 Å². The molecule has 7 rings (SSSR count). The number of benzene rings is 3. The molecule has 34 heavy (non-hydrogen) atoms. The lowest BCUT2D eigenvalue weighted by Crippen LogP contribution is -2.11. The van der Waals surface area contributed by atoms with Crippen molar-refractivity contribution >= 4 is 28.0 Å². The molecule has 0 atom stereocenters. The van der Waals surface area contributed by atoms with Gasteiger partial charge in [0, 0.05) is 22.7 Å². The highest BCUT2D eigenvalue weighted by molar-refractivity contribution is 6.09. The highest BCUT2D eigenvalue weighted by Gasteiger charge is 2.28. The zero-order valence-corrected chi connectivity index (χ0v) is 18.2. The molecule has 4 heterocycles. The third-order valence-electron chi connectivity index (χ3n) is 6.40. The fraction of sp³-hybridized carbons (Fsp3) is 0. The largest absolute Gasteiger partial charge is 0.462 e. The van der Waals surface area contributed by atoms with Gasteiger partial charge in [0.2, 0.25) is 0 Å². The molecule has 3 aromatic carbocycles. The highest BCUT2D eigenvalue weighted by atomic mass is 16.3. The van der Waals surface area contributed by atoms with Crippen molar-refractivity contribution in [3.8, 4) is 33.6 Å². The van der Waals surface area contributed by atoms with E-state index in [-0.39, 0.29) is 0 Å². The fourth-order valence-corrected chi connectivity index (χ4v) is 4.88. The van der Waals surface area contributed by atoms with Crippen LogP contribution in [0, 0.1) is 0 Å². The van der Waals surface area contributed by atoms with Crippen molar-refractivity contribution in [2.45, 2.75) is 0 Å². The molecule has 1 aliphatic heterocycles. The Labute approximate surface area is 196 Å². The summed E-state index contributed by atoms with van der Waals surface area (Å²) in [5.74, 6) is 0. The molecule has 0 spiro atoms. The Kier molecular flexibility index (Phi) is 4.11. The van der Waals surface area contributed by atoms with Crippen molar-refractivity contribution < 1.29 is 4.42 Å². The number of fused-ring (bicyclic) bond motifs is 7. The average Bonchev–Trinajstić information content (AvgIpc) is 3.35. The summed E-state index contributed by atoms with van der Waals surface area (Å²) in [5.41, 5.74) is 10.3. The molecule has 0 saturated heterocycles. The Balaban J connectivity index is 1.53. The van der Waals surface area contributed by atoms with E-state index in [1.165, 1.54) is 16.7 Å². The van der Waals surface area contributed by atoms with Crippen LogP contribution in [0.5, 0.6) is 0 Å². The quantitative estimate of drug-likeness (QED) is 0.275. The molecule has 3 aromatic heterocycles. The summed E-state index contributed by atoms with van der Waals surface area (Å²) in [5, 5.41) is 1.07. The van der Waals surface area contributed by atoms with Gasteiger partial charge in [0.15, 0.2) is 5.58 Å². The van der Waals surface area contributed by atoms with Crippen LogP contribution >= 0.6 is 0 Å². The number of hydrogen-bond acceptors (Lipinski definition) is 4. The monoisotopic (exact) mass is 437 g/mol. The minimum absolute atomic E-state index is 0.840. The SMILES string of the molecule is c1ccc(-c2ccc(N3c4ccccc4-c4ccccc4-c4ccc5ccoc5c43)cn2)nc1. The van der Waals surface area contributed by atoms with E-state index in [9.17, 15) is 0 Å². The van der Waals surface area contributed by atoms with Crippen molar-refractivity contribution in [2.75, 3.05) is 4.90 Å². The smallest absolute Gasteiger partial charge is 0.158 e. The summed E-state index contributed by atoms with van der Waals surface area (Å²) in [6.07, 6.45) is 5.47. The summed E-state index contributed by atoms with van der Waals surface area (Å²) in [4.78, 5) is 11.5. The molecule has 4 nitrogen and oxygen atoms in total. The summed E-state index contributed by atoms with van der Waals surface area (Å²) in [6, 6.07) is 33.4. The number of hydrogen-bond donors (Lipinski definition) is 0. The maximum Gasteiger partial charge on any atom is 0.158 e. The Hall–Kier alpha value is -4.70. The number of pyridine rings is 2. The molecule has 0 N–H and O–H groups in total. The van der Waals surface area contributed by atoms with Gasteiger partial charge in [0.05, 0.1) is 40.9 Å². The number of anilines is 3. The van der Waals surface area contributed by atoms with Gasteiger partial charge in [-0.25, -0.2) is 0 Å². The predicted octanol–water partition coefficient (Wildman–Crippen LogP) is 8.01. The lowest BCUT2D eigenvalue weighted by Gasteiger charge is -2.27. The van der Waals surface area contributed by atoms with Crippen molar-refractivity contribution in [1.82, 2.24) is 9.97 Å². The van der Waals surface area contributed by atoms with Crippen molar-refractivity contribution in [3.05, 3.63) is 116 Å². The van der Waals surface area contributed by atoms with E-state index in [2.05, 4.69) is 76.6 Å². The number of aromatic nitrogens is 2. The Morgan fingerprint density at radius 1 is 0.588 bits per heavy atom. The van der Waals surface area contributed by atoms with E-state index in [1.807, 2.05) is 36.5 Å². The molecule has 160 valence electrons. The zero-order chi connectivity index (χ0) is 22.5. The summed E-state index contributed by atoms with van der Waals surface area (Å²) in [6.45, 7) is 0. The molecule has 0 aliphatic carbocycles. The first-order valence-corrected chi connectivity index (χ1v) is 11.2. The van der Waals surface area contributed by atoms with Gasteiger partial charge in [-0.3, -0.25) is 9.97 Å². The Bertz CT molecular complexity index is 1650. The molecule has 0 saturated carbocycles. The van der Waals surface area contributed by atoms with Crippen LogP contribution in [0.15, 0.2) is 120 Å². The van der Waals surface area contributed by atoms with E-state index >= 15 is 0 Å². The van der Waals surface area contributed by atoms with Crippen LogP contribution in [-0.4, -0.2) is 9.97 Å². The normalized spacial score (nSPS) is 12.1. The Morgan fingerprint density at radius 3 is 2.15 bits per heavy atom. The summed E-state index contributed by atoms with van der Waals surface area (Å²) < 4.78 is 6.07. The second-order valence-electron chi connectivity index (χ2n) is 8.32. The number of furan rings is 1. The Morgan fingerprint density at radius 2 is 1.35 bits per heavy atom. The first-order valence-electron chi connectivity index (χ1n) is 11.2. The van der Waals surface area contributed by atoms with Gasteiger partial charge in [0.25, 0.3) is 0 Å². The second-order valence-corrected chi connectivity index (χ2v) is 8.32. The predicted molar refractivity (Wildman–Crippen MR) is 136 cm³/mol. The van der Waals surface area contributed by atoms with Gasteiger partial charge in [-0.2, -0.15) is 0 Å². The highest BCUT2D eigenvalue weighted by Crippen LogP contribution is 2.52. The van der Waals surface area contributed by atoms with Crippen LogP contribution in [0.1, 0.15) is 0 Å². The molecule has 0 radical (unpaired) electrons. The molecular formula is C30H19N3O. The van der Waals surface area contributed by atoms with Crippen molar-refractivity contribution in [1.29, 1.82) is 0 Å². The molecule has 0 fully saturated rings. The maximum atomic E-state index is 6.07. The van der Waals surface area contributed by atoms with Crippen LogP contribution in [-0.2, 0) is 0 Å². The van der Waals surface area contributed by atoms with Gasteiger partial charge < -0.3 is 9.32 Å². The number of rotatable bonds is 2. The van der Waals surface area contributed by atoms with Crippen molar-refractivity contribution in [3.63, 3.8) is 0 Å². The standard InChI is InChI=1S/C30H19N3O/c1-2-8-23-22(7-1)24-9-3-4-11-28(24)33(29-25(23)14-12-20-16-18-34-30(20)29)21-13-15-27(32-19-21)26-10-5-6-17-31-26/h1-19H. The van der Waals surface area contributed by atoms with Crippen molar-refractivity contribution in [2.24, 2.45) is 0 Å². The zero-order valence-electron chi connectivity index (χ0n) is 18.2. The van der Waals surface area contributed by atoms with Gasteiger partial charge in [0.1, 0.15) is 0 Å². The molecule has 1 aliphatic rings. The van der Waals surface area contributed by atoms with Crippen LogP contribution in [0.2, 0.25) is 0 Å². The summed E-state index contributed by atoms with van der Waals surface area (Å²) >= 11 is 0. The van der Waals surface area contributed by atoms with Crippen LogP contribution in [0.25, 0.3) is 44.6 Å². The molecular weight excluding hydrogens is 418 g/mol. The van der Waals surface area contributed by atoms with Crippen LogP contribution in [0.3, 0.4) is 0 Å². The van der Waals surface area contributed by atoms with E-state index in [1.54, 1.807) is 12.5 Å². The molecule has 4 heteroatoms. The molecule has 0 bridgehead atoms. The topological polar surface area (TPSA) is 42.2 Å². The van der Waals surface area contributed by atoms with E-state index in [0.29, 0.717) is 0 Å². The molecule has 6 aromatic rings. The van der Waals surface area contributed by atoms with Crippen LogP contribution < -0.4 is 4.90 Å². The van der Waals surface area contributed by atoms with Gasteiger partial charge in [-0.1, -0.05) is 60.7 Å². The number of nitrogens with zero attached hydrogens (tertiary/aromatic N) is 3. The lowest BCUT2D eigenvalue weighted by molar-refractivity contribution is 0.616.